The van der Waals surface area contributed by atoms with Crippen molar-refractivity contribution in [1.29, 1.82) is 0 Å². The van der Waals surface area contributed by atoms with Crippen molar-refractivity contribution in [3.8, 4) is 11.3 Å². The Morgan fingerprint density at radius 1 is 1.00 bits per heavy atom. The molecule has 1 unspecified atom stereocenters. The first-order chi connectivity index (χ1) is 17.4. The minimum atomic E-state index is -1.74. The molecule has 0 amide bonds. The Labute approximate surface area is 217 Å². The van der Waals surface area contributed by atoms with E-state index in [1.165, 1.54) is 13.2 Å². The summed E-state index contributed by atoms with van der Waals surface area (Å²) in [5.41, 5.74) is 4.76. The predicted molar refractivity (Wildman–Crippen MR) is 140 cm³/mol. The van der Waals surface area contributed by atoms with Crippen LogP contribution >= 0.6 is 11.6 Å². The summed E-state index contributed by atoms with van der Waals surface area (Å²) < 4.78 is 26.4. The maximum Gasteiger partial charge on any atom is 0.338 e. The largest absolute Gasteiger partial charge is 0.588 e. The van der Waals surface area contributed by atoms with Crippen molar-refractivity contribution in [2.24, 2.45) is 0 Å². The average Bonchev–Trinajstić information content (AvgIpc) is 2.88. The molecule has 4 aromatic rings. The third-order valence-electron chi connectivity index (χ3n) is 5.33. The molecule has 9 heteroatoms. The van der Waals surface area contributed by atoms with Crippen molar-refractivity contribution < 1.29 is 18.8 Å². The summed E-state index contributed by atoms with van der Waals surface area (Å²) >= 11 is 4.58. The number of hydrogen-bond acceptors (Lipinski definition) is 7. The topological polar surface area (TPSA) is 96.4 Å². The van der Waals surface area contributed by atoms with E-state index in [0.717, 1.165) is 22.3 Å². The fourth-order valence-corrected chi connectivity index (χ4v) is 4.65. The van der Waals surface area contributed by atoms with Crippen LogP contribution in [0.2, 0.25) is 5.15 Å². The molecule has 0 aliphatic heterocycles. The lowest BCUT2D eigenvalue weighted by Gasteiger charge is -2.15. The summed E-state index contributed by atoms with van der Waals surface area (Å²) in [7, 11) is 1.29. The van der Waals surface area contributed by atoms with Crippen LogP contribution in [0.5, 0.6) is 0 Å². The van der Waals surface area contributed by atoms with Gasteiger partial charge in [0.2, 0.25) is 0 Å². The van der Waals surface area contributed by atoms with Crippen LogP contribution in [0.4, 0.5) is 5.95 Å². The Bertz CT molecular complexity index is 1350. The van der Waals surface area contributed by atoms with Crippen LogP contribution in [0.3, 0.4) is 0 Å². The molecule has 4 rings (SSSR count). The number of benzene rings is 3. The number of aromatic nitrogens is 2. The number of nitrogens with one attached hydrogen (secondary N) is 1. The smallest absolute Gasteiger partial charge is 0.338 e. The first-order valence-electron chi connectivity index (χ1n) is 11.1. The zero-order valence-electron chi connectivity index (χ0n) is 19.7. The van der Waals surface area contributed by atoms with Gasteiger partial charge < -0.3 is 14.0 Å². The number of methoxy groups -OCH3 is 1. The fraction of sp³-hybridized carbons (Fsp3) is 0.148. The SMILES string of the molecule is COC(=O)c1cccc([S+]([O-])Nc2nc(Cl)cc(-c3c(C)cccc3COCc3ccccc3)n2)c1. The van der Waals surface area contributed by atoms with E-state index in [1.54, 1.807) is 24.3 Å². The zero-order valence-corrected chi connectivity index (χ0v) is 21.3. The van der Waals surface area contributed by atoms with Gasteiger partial charge in [-0.15, -0.1) is 0 Å². The van der Waals surface area contributed by atoms with Gasteiger partial charge >= 0.3 is 5.97 Å². The highest BCUT2D eigenvalue weighted by molar-refractivity contribution is 7.92. The van der Waals surface area contributed by atoms with Gasteiger partial charge in [-0.1, -0.05) is 66.2 Å². The molecule has 0 aliphatic rings. The van der Waals surface area contributed by atoms with Crippen LogP contribution in [0.25, 0.3) is 11.3 Å². The van der Waals surface area contributed by atoms with Gasteiger partial charge in [0.15, 0.2) is 4.90 Å². The summed E-state index contributed by atoms with van der Waals surface area (Å²) in [5, 5.41) is 0.196. The number of carbonyl (C=O) groups is 1. The van der Waals surface area contributed by atoms with Crippen molar-refractivity contribution in [3.63, 3.8) is 0 Å². The van der Waals surface area contributed by atoms with Crippen LogP contribution < -0.4 is 4.72 Å². The van der Waals surface area contributed by atoms with Gasteiger partial charge in [0, 0.05) is 17.7 Å². The normalized spacial score (nSPS) is 11.7. The molecule has 1 heterocycles. The second kappa shape index (κ2) is 12.0. The highest BCUT2D eigenvalue weighted by Crippen LogP contribution is 2.30. The minimum Gasteiger partial charge on any atom is -0.588 e. The lowest BCUT2D eigenvalue weighted by Crippen LogP contribution is -2.16. The third-order valence-corrected chi connectivity index (χ3v) is 6.58. The molecule has 36 heavy (non-hydrogen) atoms. The van der Waals surface area contributed by atoms with E-state index in [2.05, 4.69) is 14.7 Å². The number of aryl methyl sites for hydroxylation is 1. The number of carbonyl (C=O) groups excluding carboxylic acids is 1. The van der Waals surface area contributed by atoms with Crippen molar-refractivity contribution in [2.45, 2.75) is 25.0 Å². The lowest BCUT2D eigenvalue weighted by molar-refractivity contribution is 0.0600. The Balaban J connectivity index is 1.56. The van der Waals surface area contributed by atoms with Gasteiger partial charge in [-0.25, -0.2) is 9.78 Å². The summed E-state index contributed by atoms with van der Waals surface area (Å²) in [6.07, 6.45) is 0. The Hall–Kier alpha value is -3.43. The van der Waals surface area contributed by atoms with Gasteiger partial charge in [-0.3, -0.25) is 0 Å². The number of nitrogens with zero attached hydrogens (tertiary/aromatic N) is 2. The van der Waals surface area contributed by atoms with Crippen LogP contribution in [0, 0.1) is 6.92 Å². The average molecular weight is 522 g/mol. The number of ether oxygens (including phenoxy) is 2. The number of anilines is 1. The second-order valence-corrected chi connectivity index (χ2v) is 9.48. The molecule has 1 atom stereocenters. The molecule has 3 aromatic carbocycles. The summed E-state index contributed by atoms with van der Waals surface area (Å²) in [5.74, 6) is -0.421. The molecule has 1 N–H and O–H groups in total. The first kappa shape index (κ1) is 25.7. The predicted octanol–water partition coefficient (Wildman–Crippen LogP) is 5.74. The highest BCUT2D eigenvalue weighted by atomic mass is 35.5. The third kappa shape index (κ3) is 6.41. The van der Waals surface area contributed by atoms with Crippen LogP contribution in [0.15, 0.2) is 83.8 Å². The van der Waals surface area contributed by atoms with E-state index in [9.17, 15) is 9.35 Å². The highest BCUT2D eigenvalue weighted by Gasteiger charge is 2.19. The molecular formula is C27H24ClN3O4S. The molecule has 1 aromatic heterocycles. The van der Waals surface area contributed by atoms with Crippen molar-refractivity contribution in [3.05, 3.63) is 106 Å². The minimum absolute atomic E-state index is 0.0960. The maximum absolute atomic E-state index is 13.0. The van der Waals surface area contributed by atoms with Gasteiger partial charge in [-0.2, -0.15) is 9.71 Å². The van der Waals surface area contributed by atoms with Crippen molar-refractivity contribution >= 4 is 34.9 Å². The summed E-state index contributed by atoms with van der Waals surface area (Å²) in [4.78, 5) is 21.0. The number of esters is 1. The van der Waals surface area contributed by atoms with Crippen LogP contribution in [0.1, 0.15) is 27.0 Å². The molecule has 0 bridgehead atoms. The molecule has 0 saturated carbocycles. The van der Waals surface area contributed by atoms with E-state index in [1.807, 2.05) is 55.5 Å². The van der Waals surface area contributed by atoms with Crippen molar-refractivity contribution in [1.82, 2.24) is 9.97 Å². The van der Waals surface area contributed by atoms with E-state index in [-0.39, 0.29) is 16.7 Å². The molecule has 0 radical (unpaired) electrons. The van der Waals surface area contributed by atoms with E-state index >= 15 is 0 Å². The quantitative estimate of drug-likeness (QED) is 0.170. The van der Waals surface area contributed by atoms with Gasteiger partial charge in [0.05, 0.1) is 31.6 Å². The second-order valence-electron chi connectivity index (χ2n) is 7.88. The van der Waals surface area contributed by atoms with Gasteiger partial charge in [-0.05, 0) is 35.7 Å². The zero-order chi connectivity index (χ0) is 25.5. The molecule has 0 spiro atoms. The Morgan fingerprint density at radius 3 is 2.56 bits per heavy atom. The molecular weight excluding hydrogens is 498 g/mol. The van der Waals surface area contributed by atoms with Crippen LogP contribution in [-0.2, 0) is 34.0 Å². The molecule has 0 saturated heterocycles. The lowest BCUT2D eigenvalue weighted by atomic mass is 9.99. The van der Waals surface area contributed by atoms with E-state index in [4.69, 9.17) is 21.1 Å². The number of rotatable bonds is 9. The maximum atomic E-state index is 13.0. The van der Waals surface area contributed by atoms with Crippen LogP contribution in [-0.4, -0.2) is 27.6 Å². The summed E-state index contributed by atoms with van der Waals surface area (Å²) in [6.45, 7) is 2.84. The monoisotopic (exact) mass is 521 g/mol. The molecule has 0 fully saturated rings. The first-order valence-corrected chi connectivity index (χ1v) is 12.6. The van der Waals surface area contributed by atoms with Gasteiger partial charge in [0.1, 0.15) is 16.5 Å². The van der Waals surface area contributed by atoms with E-state index in [0.29, 0.717) is 23.8 Å². The molecule has 7 nitrogen and oxygen atoms in total. The fourth-order valence-electron chi connectivity index (χ4n) is 3.66. The standard InChI is InChI=1S/C27H24ClN3O4S/c1-18-8-6-12-21(17-35-16-19-9-4-3-5-10-19)25(18)23-15-24(28)30-27(29-23)31-36(33)22-13-7-11-20(14-22)26(32)34-2/h3-15H,16-17H2,1-2H3,(H,29,30,31). The summed E-state index contributed by atoms with van der Waals surface area (Å²) in [6, 6.07) is 23.9. The number of hydrogen-bond donors (Lipinski definition) is 1. The van der Waals surface area contributed by atoms with Crippen molar-refractivity contribution in [2.75, 3.05) is 11.8 Å². The Morgan fingerprint density at radius 2 is 1.78 bits per heavy atom. The Kier molecular flexibility index (Phi) is 8.56. The number of halogens is 1. The van der Waals surface area contributed by atoms with Gasteiger partial charge in [0.25, 0.3) is 5.95 Å². The molecule has 184 valence electrons. The molecule has 0 aliphatic carbocycles. The van der Waals surface area contributed by atoms with E-state index < -0.39 is 17.3 Å².